The standard InChI is InChI=1S/C20H18F3N3O3/c1-19(2,3)29-18(28)26-16(9-15-6-12(11-27)4-5-24-15)8-13-7-14(20(21,22)23)10-25-17(13)26/h4-8,10-11H,9H2,1-3H3. The van der Waals surface area contributed by atoms with Crippen LogP contribution in [-0.2, 0) is 17.3 Å². The van der Waals surface area contributed by atoms with Crippen LogP contribution >= 0.6 is 0 Å². The first-order valence-electron chi connectivity index (χ1n) is 8.69. The van der Waals surface area contributed by atoms with E-state index in [1.165, 1.54) is 18.3 Å². The van der Waals surface area contributed by atoms with Crippen molar-refractivity contribution in [2.24, 2.45) is 0 Å². The topological polar surface area (TPSA) is 74.1 Å². The summed E-state index contributed by atoms with van der Waals surface area (Å²) >= 11 is 0. The monoisotopic (exact) mass is 405 g/mol. The van der Waals surface area contributed by atoms with Crippen molar-refractivity contribution in [2.45, 2.75) is 39.0 Å². The number of aromatic nitrogens is 3. The van der Waals surface area contributed by atoms with E-state index in [-0.39, 0.29) is 17.5 Å². The molecule has 3 heterocycles. The molecule has 0 atom stereocenters. The number of fused-ring (bicyclic) bond motifs is 1. The fourth-order valence-electron chi connectivity index (χ4n) is 2.80. The van der Waals surface area contributed by atoms with E-state index in [2.05, 4.69) is 9.97 Å². The van der Waals surface area contributed by atoms with Gasteiger partial charge in [0.05, 0.1) is 5.56 Å². The average molecular weight is 405 g/mol. The number of carbonyl (C=O) groups is 2. The minimum absolute atomic E-state index is 0.0498. The molecule has 29 heavy (non-hydrogen) atoms. The minimum Gasteiger partial charge on any atom is -0.443 e. The Morgan fingerprint density at radius 1 is 1.17 bits per heavy atom. The lowest BCUT2D eigenvalue weighted by Crippen LogP contribution is -2.28. The minimum atomic E-state index is -4.56. The van der Waals surface area contributed by atoms with Gasteiger partial charge in [0.25, 0.3) is 0 Å². The summed E-state index contributed by atoms with van der Waals surface area (Å²) in [5.74, 6) is 0. The smallest absolute Gasteiger partial charge is 0.420 e. The van der Waals surface area contributed by atoms with E-state index < -0.39 is 23.4 Å². The molecule has 0 N–H and O–H groups in total. The molecular formula is C20H18F3N3O3. The lowest BCUT2D eigenvalue weighted by molar-refractivity contribution is -0.137. The maximum Gasteiger partial charge on any atom is 0.420 e. The summed E-state index contributed by atoms with van der Waals surface area (Å²) < 4.78 is 45.7. The zero-order valence-corrected chi connectivity index (χ0v) is 15.9. The average Bonchev–Trinajstić information content (AvgIpc) is 2.96. The predicted octanol–water partition coefficient (Wildman–Crippen LogP) is 4.64. The van der Waals surface area contributed by atoms with Gasteiger partial charge in [-0.25, -0.2) is 14.3 Å². The number of alkyl halides is 3. The third-order valence-electron chi connectivity index (χ3n) is 3.96. The van der Waals surface area contributed by atoms with Crippen molar-refractivity contribution in [1.82, 2.24) is 14.5 Å². The molecule has 0 aliphatic carbocycles. The lowest BCUT2D eigenvalue weighted by Gasteiger charge is -2.20. The molecule has 0 aliphatic rings. The van der Waals surface area contributed by atoms with E-state index in [9.17, 15) is 22.8 Å². The molecule has 0 spiro atoms. The van der Waals surface area contributed by atoms with Gasteiger partial charge in [0, 0.05) is 41.2 Å². The van der Waals surface area contributed by atoms with E-state index in [1.807, 2.05) is 0 Å². The molecule has 0 aromatic carbocycles. The van der Waals surface area contributed by atoms with Crippen LogP contribution in [0.15, 0.2) is 36.7 Å². The van der Waals surface area contributed by atoms with Crippen LogP contribution in [0.2, 0.25) is 0 Å². The normalized spacial score (nSPS) is 12.2. The van der Waals surface area contributed by atoms with E-state index in [0.29, 0.717) is 29.4 Å². The number of hydrogen-bond donors (Lipinski definition) is 0. The number of aldehydes is 1. The first-order chi connectivity index (χ1) is 13.5. The van der Waals surface area contributed by atoms with Crippen LogP contribution in [-0.4, -0.2) is 32.5 Å². The second-order valence-electron chi connectivity index (χ2n) is 7.46. The van der Waals surface area contributed by atoms with E-state index >= 15 is 0 Å². The molecule has 0 saturated carbocycles. The van der Waals surface area contributed by atoms with Gasteiger partial charge in [-0.05, 0) is 45.0 Å². The lowest BCUT2D eigenvalue weighted by atomic mass is 10.1. The van der Waals surface area contributed by atoms with Crippen LogP contribution in [0, 0.1) is 0 Å². The number of carbonyl (C=O) groups excluding carboxylic acids is 2. The Bertz CT molecular complexity index is 1080. The Kier molecular flexibility index (Phi) is 5.16. The van der Waals surface area contributed by atoms with Crippen molar-refractivity contribution >= 4 is 23.4 Å². The van der Waals surface area contributed by atoms with Crippen molar-refractivity contribution in [3.05, 3.63) is 59.2 Å². The number of hydrogen-bond acceptors (Lipinski definition) is 5. The highest BCUT2D eigenvalue weighted by Crippen LogP contribution is 2.32. The molecule has 0 fully saturated rings. The molecular weight excluding hydrogens is 387 g/mol. The van der Waals surface area contributed by atoms with Crippen molar-refractivity contribution in [3.63, 3.8) is 0 Å². The highest BCUT2D eigenvalue weighted by molar-refractivity contribution is 5.89. The van der Waals surface area contributed by atoms with Gasteiger partial charge in [0.2, 0.25) is 0 Å². The fourth-order valence-corrected chi connectivity index (χ4v) is 2.80. The van der Waals surface area contributed by atoms with Gasteiger partial charge in [0.15, 0.2) is 0 Å². The van der Waals surface area contributed by atoms with E-state index in [0.717, 1.165) is 10.6 Å². The van der Waals surface area contributed by atoms with Crippen molar-refractivity contribution in [1.29, 1.82) is 0 Å². The highest BCUT2D eigenvalue weighted by atomic mass is 19.4. The maximum absolute atomic E-state index is 13.1. The molecule has 0 saturated heterocycles. The molecule has 9 heteroatoms. The summed E-state index contributed by atoms with van der Waals surface area (Å²) in [6.45, 7) is 5.04. The van der Waals surface area contributed by atoms with Crippen LogP contribution in [0.25, 0.3) is 11.0 Å². The quantitative estimate of drug-likeness (QED) is 0.594. The fraction of sp³-hybridized carbons (Fsp3) is 0.300. The summed E-state index contributed by atoms with van der Waals surface area (Å²) in [4.78, 5) is 31.8. The molecule has 3 aromatic heterocycles. The van der Waals surface area contributed by atoms with Gasteiger partial charge in [0.1, 0.15) is 17.5 Å². The third kappa shape index (κ3) is 4.61. The Morgan fingerprint density at radius 3 is 2.52 bits per heavy atom. The molecule has 3 aromatic rings. The third-order valence-corrected chi connectivity index (χ3v) is 3.96. The second-order valence-corrected chi connectivity index (χ2v) is 7.46. The summed E-state index contributed by atoms with van der Waals surface area (Å²) in [5, 5.41) is 0.146. The number of nitrogens with zero attached hydrogens (tertiary/aromatic N) is 3. The largest absolute Gasteiger partial charge is 0.443 e. The van der Waals surface area contributed by atoms with Crippen molar-refractivity contribution in [3.8, 4) is 0 Å². The second kappa shape index (κ2) is 7.31. The van der Waals surface area contributed by atoms with Crippen molar-refractivity contribution in [2.75, 3.05) is 0 Å². The first kappa shape index (κ1) is 20.5. The summed E-state index contributed by atoms with van der Waals surface area (Å²) in [5.41, 5.74) is -0.470. The molecule has 0 radical (unpaired) electrons. The Hall–Kier alpha value is -3.23. The number of halogens is 3. The van der Waals surface area contributed by atoms with Gasteiger partial charge < -0.3 is 4.74 Å². The van der Waals surface area contributed by atoms with Gasteiger partial charge in [-0.1, -0.05) is 0 Å². The summed E-state index contributed by atoms with van der Waals surface area (Å²) in [7, 11) is 0. The predicted molar refractivity (Wildman–Crippen MR) is 98.8 cm³/mol. The van der Waals surface area contributed by atoms with Crippen LogP contribution in [0.4, 0.5) is 18.0 Å². The molecule has 6 nitrogen and oxygen atoms in total. The molecule has 0 amide bonds. The van der Waals surface area contributed by atoms with Crippen LogP contribution in [0.1, 0.15) is 48.1 Å². The van der Waals surface area contributed by atoms with Gasteiger partial charge >= 0.3 is 12.3 Å². The van der Waals surface area contributed by atoms with E-state index in [1.54, 1.807) is 26.8 Å². The van der Waals surface area contributed by atoms with Crippen LogP contribution in [0.5, 0.6) is 0 Å². The number of rotatable bonds is 3. The Morgan fingerprint density at radius 2 is 1.90 bits per heavy atom. The zero-order chi connectivity index (χ0) is 21.4. The van der Waals surface area contributed by atoms with Crippen LogP contribution in [0.3, 0.4) is 0 Å². The Labute approximate surface area is 164 Å². The zero-order valence-electron chi connectivity index (χ0n) is 15.9. The highest BCUT2D eigenvalue weighted by Gasteiger charge is 2.32. The van der Waals surface area contributed by atoms with Gasteiger partial charge in [-0.2, -0.15) is 13.2 Å². The Balaban J connectivity index is 2.13. The van der Waals surface area contributed by atoms with E-state index in [4.69, 9.17) is 4.74 Å². The SMILES string of the molecule is CC(C)(C)OC(=O)n1c(Cc2cc(C=O)ccn2)cc2cc(C(F)(F)F)cnc21. The van der Waals surface area contributed by atoms with Gasteiger partial charge in [-0.15, -0.1) is 0 Å². The maximum atomic E-state index is 13.1. The molecule has 0 bridgehead atoms. The molecule has 152 valence electrons. The van der Waals surface area contributed by atoms with Crippen LogP contribution < -0.4 is 0 Å². The van der Waals surface area contributed by atoms with Gasteiger partial charge in [-0.3, -0.25) is 9.78 Å². The first-order valence-corrected chi connectivity index (χ1v) is 8.69. The van der Waals surface area contributed by atoms with Crippen molar-refractivity contribution < 1.29 is 27.5 Å². The summed E-state index contributed by atoms with van der Waals surface area (Å²) in [6.07, 6.45) is -2.45. The summed E-state index contributed by atoms with van der Waals surface area (Å²) in [6, 6.07) is 5.44. The number of pyridine rings is 2. The molecule has 0 unspecified atom stereocenters. The number of ether oxygens (including phenoxy) is 1. The molecule has 0 aliphatic heterocycles. The molecule has 3 rings (SSSR count).